The Labute approximate surface area is 182 Å². The second-order valence-electron chi connectivity index (χ2n) is 7.10. The molecule has 158 valence electrons. The Bertz CT molecular complexity index is 1180. The highest BCUT2D eigenvalue weighted by Gasteiger charge is 2.21. The van der Waals surface area contributed by atoms with Crippen LogP contribution in [0.4, 0.5) is 4.39 Å². The third kappa shape index (κ3) is 4.51. The maximum atomic E-state index is 14.8. The van der Waals surface area contributed by atoms with Gasteiger partial charge in [0.2, 0.25) is 0 Å². The molecule has 0 bridgehead atoms. The van der Waals surface area contributed by atoms with Gasteiger partial charge in [-0.05, 0) is 36.2 Å². The van der Waals surface area contributed by atoms with Gasteiger partial charge in [-0.3, -0.25) is 0 Å². The molecule has 4 rings (SSSR count). The lowest BCUT2D eigenvalue weighted by molar-refractivity contribution is -0.140. The van der Waals surface area contributed by atoms with Gasteiger partial charge in [-0.15, -0.1) is 0 Å². The van der Waals surface area contributed by atoms with Crippen molar-refractivity contribution in [2.24, 2.45) is 5.16 Å². The van der Waals surface area contributed by atoms with E-state index in [2.05, 4.69) is 15.0 Å². The Kier molecular flexibility index (Phi) is 5.86. The monoisotopic (exact) mass is 440 g/mol. The highest BCUT2D eigenvalue weighted by atomic mass is 35.5. The standard InChI is InChI=1S/C23H18ClFN2O4/c1-13-9-19(30-12-16-11-20(29)31-27-16)22(25)21(24)17(13)10-15-7-8-18(28)23(26-15)14-5-3-2-4-6-14/h2-9,28H,10-12H2,1H3. The fraction of sp³-hybridized carbons (Fsp3) is 0.174. The van der Waals surface area contributed by atoms with E-state index < -0.39 is 11.8 Å². The van der Waals surface area contributed by atoms with Crippen molar-refractivity contribution in [3.05, 3.63) is 76.2 Å². The first-order valence-electron chi connectivity index (χ1n) is 9.52. The van der Waals surface area contributed by atoms with Crippen molar-refractivity contribution in [1.82, 2.24) is 4.98 Å². The summed E-state index contributed by atoms with van der Waals surface area (Å²) in [6.07, 6.45) is 0.291. The SMILES string of the molecule is Cc1cc(OCC2=NOC(=O)C2)c(F)c(Cl)c1Cc1ccc(O)c(-c2ccccc2)n1. The van der Waals surface area contributed by atoms with Crippen molar-refractivity contribution in [1.29, 1.82) is 0 Å². The fourth-order valence-electron chi connectivity index (χ4n) is 3.25. The number of carbonyl (C=O) groups is 1. The van der Waals surface area contributed by atoms with Crippen LogP contribution in [0.25, 0.3) is 11.3 Å². The molecule has 1 N–H and O–H groups in total. The van der Waals surface area contributed by atoms with Crippen LogP contribution in [0.5, 0.6) is 11.5 Å². The van der Waals surface area contributed by atoms with Crippen molar-refractivity contribution in [2.45, 2.75) is 19.8 Å². The molecule has 8 heteroatoms. The number of rotatable bonds is 6. The molecule has 0 fully saturated rings. The van der Waals surface area contributed by atoms with Gasteiger partial charge in [0.15, 0.2) is 11.6 Å². The second kappa shape index (κ2) is 8.73. The van der Waals surface area contributed by atoms with Gasteiger partial charge in [0, 0.05) is 17.7 Å². The first kappa shape index (κ1) is 20.8. The molecular formula is C23H18ClFN2O4. The van der Waals surface area contributed by atoms with Crippen LogP contribution in [0.3, 0.4) is 0 Å². The van der Waals surface area contributed by atoms with Gasteiger partial charge >= 0.3 is 5.97 Å². The van der Waals surface area contributed by atoms with Gasteiger partial charge < -0.3 is 14.7 Å². The first-order valence-corrected chi connectivity index (χ1v) is 9.90. The molecule has 3 aromatic rings. The molecule has 0 saturated carbocycles. The van der Waals surface area contributed by atoms with Gasteiger partial charge in [-0.25, -0.2) is 14.2 Å². The zero-order chi connectivity index (χ0) is 22.0. The Balaban J connectivity index is 1.58. The number of nitrogens with zero attached hydrogens (tertiary/aromatic N) is 2. The first-order chi connectivity index (χ1) is 14.9. The Morgan fingerprint density at radius 1 is 1.23 bits per heavy atom. The summed E-state index contributed by atoms with van der Waals surface area (Å²) < 4.78 is 20.3. The van der Waals surface area contributed by atoms with Crippen LogP contribution in [0, 0.1) is 12.7 Å². The summed E-state index contributed by atoms with van der Waals surface area (Å²) in [7, 11) is 0. The molecule has 1 aliphatic heterocycles. The van der Waals surface area contributed by atoms with E-state index in [1.165, 1.54) is 0 Å². The summed E-state index contributed by atoms with van der Waals surface area (Å²) >= 11 is 6.32. The van der Waals surface area contributed by atoms with Crippen LogP contribution in [-0.2, 0) is 16.1 Å². The van der Waals surface area contributed by atoms with E-state index in [0.29, 0.717) is 22.7 Å². The van der Waals surface area contributed by atoms with E-state index in [4.69, 9.17) is 16.3 Å². The predicted octanol–water partition coefficient (Wildman–Crippen LogP) is 4.83. The number of oxime groups is 1. The molecule has 6 nitrogen and oxygen atoms in total. The molecule has 0 radical (unpaired) electrons. The summed E-state index contributed by atoms with van der Waals surface area (Å²) in [5, 5.41) is 13.7. The van der Waals surface area contributed by atoms with Crippen LogP contribution in [-0.4, -0.2) is 28.4 Å². The zero-order valence-corrected chi connectivity index (χ0v) is 17.3. The lowest BCUT2D eigenvalue weighted by Crippen LogP contribution is -2.12. The second-order valence-corrected chi connectivity index (χ2v) is 7.48. The third-order valence-corrected chi connectivity index (χ3v) is 5.25. The molecule has 0 aliphatic carbocycles. The number of aromatic nitrogens is 1. The van der Waals surface area contributed by atoms with Crippen LogP contribution >= 0.6 is 11.6 Å². The summed E-state index contributed by atoms with van der Waals surface area (Å²) in [6.45, 7) is 1.73. The van der Waals surface area contributed by atoms with E-state index in [9.17, 15) is 14.3 Å². The molecule has 2 heterocycles. The number of halogens is 2. The van der Waals surface area contributed by atoms with E-state index in [-0.39, 0.29) is 36.0 Å². The quantitative estimate of drug-likeness (QED) is 0.555. The van der Waals surface area contributed by atoms with Gasteiger partial charge in [0.25, 0.3) is 0 Å². The molecule has 31 heavy (non-hydrogen) atoms. The van der Waals surface area contributed by atoms with Crippen molar-refractivity contribution in [2.75, 3.05) is 6.61 Å². The van der Waals surface area contributed by atoms with Crippen LogP contribution in [0.1, 0.15) is 23.2 Å². The van der Waals surface area contributed by atoms with E-state index in [1.54, 1.807) is 25.1 Å². The Morgan fingerprint density at radius 3 is 2.71 bits per heavy atom. The van der Waals surface area contributed by atoms with E-state index in [0.717, 1.165) is 11.1 Å². The molecule has 0 spiro atoms. The smallest absolute Gasteiger partial charge is 0.340 e. The highest BCUT2D eigenvalue weighted by molar-refractivity contribution is 6.31. The molecule has 0 saturated heterocycles. The summed E-state index contributed by atoms with van der Waals surface area (Å²) in [6, 6.07) is 14.1. The van der Waals surface area contributed by atoms with Crippen LogP contribution in [0.2, 0.25) is 5.02 Å². The number of carbonyl (C=O) groups excluding carboxylic acids is 1. The van der Waals surface area contributed by atoms with E-state index >= 15 is 0 Å². The fourth-order valence-corrected chi connectivity index (χ4v) is 3.56. The zero-order valence-electron chi connectivity index (χ0n) is 16.6. The molecule has 0 unspecified atom stereocenters. The van der Waals surface area contributed by atoms with Crippen molar-refractivity contribution in [3.63, 3.8) is 0 Å². The molecule has 2 aromatic carbocycles. The average molecular weight is 441 g/mol. The number of pyridine rings is 1. The Morgan fingerprint density at radius 2 is 2.00 bits per heavy atom. The molecule has 1 aliphatic rings. The van der Waals surface area contributed by atoms with Crippen molar-refractivity contribution >= 4 is 23.3 Å². The number of benzene rings is 2. The minimum absolute atomic E-state index is 0.0166. The predicted molar refractivity (Wildman–Crippen MR) is 114 cm³/mol. The summed E-state index contributed by atoms with van der Waals surface area (Å²) in [5.74, 6) is -1.14. The molecule has 0 amide bonds. The van der Waals surface area contributed by atoms with Crippen LogP contribution in [0.15, 0.2) is 53.7 Å². The number of ether oxygens (including phenoxy) is 1. The minimum Gasteiger partial charge on any atom is -0.506 e. The van der Waals surface area contributed by atoms with Gasteiger partial charge in [-0.2, -0.15) is 0 Å². The lowest BCUT2D eigenvalue weighted by atomic mass is 10.0. The molecular weight excluding hydrogens is 423 g/mol. The van der Waals surface area contributed by atoms with Gasteiger partial charge in [-0.1, -0.05) is 47.1 Å². The maximum absolute atomic E-state index is 14.8. The topological polar surface area (TPSA) is 81.0 Å². The minimum atomic E-state index is -0.699. The number of hydrogen-bond acceptors (Lipinski definition) is 6. The van der Waals surface area contributed by atoms with Gasteiger partial charge in [0.1, 0.15) is 23.8 Å². The molecule has 1 aromatic heterocycles. The van der Waals surface area contributed by atoms with Crippen molar-refractivity contribution in [3.8, 4) is 22.8 Å². The average Bonchev–Trinajstić information content (AvgIpc) is 3.19. The highest BCUT2D eigenvalue weighted by Crippen LogP contribution is 2.34. The van der Waals surface area contributed by atoms with Gasteiger partial charge in [0.05, 0.1) is 11.4 Å². The number of hydrogen-bond donors (Lipinski definition) is 1. The van der Waals surface area contributed by atoms with E-state index in [1.807, 2.05) is 30.3 Å². The number of aromatic hydroxyl groups is 1. The normalized spacial score (nSPS) is 13.1. The largest absolute Gasteiger partial charge is 0.506 e. The molecule has 0 atom stereocenters. The summed E-state index contributed by atoms with van der Waals surface area (Å²) in [4.78, 5) is 20.1. The maximum Gasteiger partial charge on any atom is 0.340 e. The van der Waals surface area contributed by atoms with Crippen molar-refractivity contribution < 1.29 is 23.9 Å². The van der Waals surface area contributed by atoms with Crippen LogP contribution < -0.4 is 4.74 Å². The number of aryl methyl sites for hydroxylation is 1. The lowest BCUT2D eigenvalue weighted by Gasteiger charge is -2.14. The third-order valence-electron chi connectivity index (χ3n) is 4.85. The Hall–Kier alpha value is -3.45. The summed E-state index contributed by atoms with van der Waals surface area (Å²) in [5.41, 5.74) is 3.52.